The van der Waals surface area contributed by atoms with Crippen molar-refractivity contribution in [2.45, 2.75) is 25.7 Å². The third-order valence-corrected chi connectivity index (χ3v) is 3.92. The van der Waals surface area contributed by atoms with E-state index in [1.54, 1.807) is 12.8 Å². The van der Waals surface area contributed by atoms with Crippen LogP contribution in [0, 0.1) is 23.7 Å². The molecule has 0 nitrogen and oxygen atoms in total. The molecule has 0 radical (unpaired) electrons. The molecule has 0 N–H and O–H groups in total. The highest BCUT2D eigenvalue weighted by Gasteiger charge is 2.47. The first-order chi connectivity index (χ1) is 4.95. The van der Waals surface area contributed by atoms with Crippen molar-refractivity contribution in [3.8, 4) is 0 Å². The lowest BCUT2D eigenvalue weighted by Crippen LogP contribution is -2.16. The van der Waals surface area contributed by atoms with Gasteiger partial charge in [0.2, 0.25) is 0 Å². The molecule has 0 amide bonds. The molecule has 3 aliphatic carbocycles. The summed E-state index contributed by atoms with van der Waals surface area (Å²) in [4.78, 5) is 0. The van der Waals surface area contributed by atoms with Crippen LogP contribution in [0.15, 0.2) is 12.2 Å². The minimum atomic E-state index is 1.03. The van der Waals surface area contributed by atoms with Crippen molar-refractivity contribution in [3.05, 3.63) is 12.2 Å². The fourth-order valence-corrected chi connectivity index (χ4v) is 3.50. The maximum Gasteiger partial charge on any atom is -0.0171 e. The normalized spacial score (nSPS) is 56.0. The number of allylic oxidation sites excluding steroid dienone is 2. The van der Waals surface area contributed by atoms with Gasteiger partial charge in [-0.05, 0) is 49.4 Å². The SMILES string of the molecule is C1=C[C@H]2C3CCC(C3)[C@H]2C1. The van der Waals surface area contributed by atoms with Crippen LogP contribution < -0.4 is 0 Å². The Balaban J connectivity index is 1.97. The maximum absolute atomic E-state index is 2.49. The van der Waals surface area contributed by atoms with E-state index in [1.807, 2.05) is 0 Å². The van der Waals surface area contributed by atoms with Crippen LogP contribution in [0.2, 0.25) is 0 Å². The first-order valence-electron chi connectivity index (χ1n) is 4.62. The van der Waals surface area contributed by atoms with Gasteiger partial charge in [-0.2, -0.15) is 0 Å². The minimum absolute atomic E-state index is 1.03. The van der Waals surface area contributed by atoms with Crippen molar-refractivity contribution < 1.29 is 0 Å². The molecule has 2 saturated carbocycles. The Hall–Kier alpha value is -0.260. The predicted molar refractivity (Wildman–Crippen MR) is 41.6 cm³/mol. The van der Waals surface area contributed by atoms with Crippen LogP contribution in [-0.4, -0.2) is 0 Å². The number of rotatable bonds is 0. The number of hydrogen-bond acceptors (Lipinski definition) is 0. The molecule has 0 heterocycles. The maximum atomic E-state index is 2.49. The molecular weight excluding hydrogens is 120 g/mol. The standard InChI is InChI=1S/C10H14/c1-2-9-7-4-5-8(6-7)10(9)3-1/h1-2,7-10H,3-6H2/t7?,8?,9-,10+/m0/s1. The van der Waals surface area contributed by atoms with Gasteiger partial charge in [-0.3, -0.25) is 0 Å². The summed E-state index contributed by atoms with van der Waals surface area (Å²) in [6.07, 6.45) is 11.0. The molecule has 2 fully saturated rings. The highest BCUT2D eigenvalue weighted by Crippen LogP contribution is 2.56. The van der Waals surface area contributed by atoms with E-state index in [4.69, 9.17) is 0 Å². The highest BCUT2D eigenvalue weighted by molar-refractivity contribution is 5.11. The van der Waals surface area contributed by atoms with Crippen LogP contribution in [0.4, 0.5) is 0 Å². The van der Waals surface area contributed by atoms with Crippen LogP contribution in [0.3, 0.4) is 0 Å². The zero-order valence-electron chi connectivity index (χ0n) is 6.29. The van der Waals surface area contributed by atoms with Gasteiger partial charge in [0.25, 0.3) is 0 Å². The molecule has 2 bridgehead atoms. The van der Waals surface area contributed by atoms with E-state index in [2.05, 4.69) is 12.2 Å². The van der Waals surface area contributed by atoms with Gasteiger partial charge in [0.1, 0.15) is 0 Å². The van der Waals surface area contributed by atoms with Crippen LogP contribution in [0.25, 0.3) is 0 Å². The van der Waals surface area contributed by atoms with E-state index in [-0.39, 0.29) is 0 Å². The lowest BCUT2D eigenvalue weighted by molar-refractivity contribution is 0.285. The Morgan fingerprint density at radius 1 is 1.10 bits per heavy atom. The summed E-state index contributed by atoms with van der Waals surface area (Å²) in [6, 6.07) is 0. The summed E-state index contributed by atoms with van der Waals surface area (Å²) < 4.78 is 0. The Morgan fingerprint density at radius 3 is 2.90 bits per heavy atom. The predicted octanol–water partition coefficient (Wildman–Crippen LogP) is 2.61. The Kier molecular flexibility index (Phi) is 0.898. The lowest BCUT2D eigenvalue weighted by Gasteiger charge is -2.23. The summed E-state index contributed by atoms with van der Waals surface area (Å²) in [6.45, 7) is 0. The van der Waals surface area contributed by atoms with Crippen molar-refractivity contribution >= 4 is 0 Å². The Morgan fingerprint density at radius 2 is 2.00 bits per heavy atom. The molecular formula is C10H14. The fourth-order valence-electron chi connectivity index (χ4n) is 3.50. The van der Waals surface area contributed by atoms with Gasteiger partial charge in [-0.25, -0.2) is 0 Å². The molecule has 4 atom stereocenters. The van der Waals surface area contributed by atoms with E-state index >= 15 is 0 Å². The Bertz CT molecular complexity index is 180. The first-order valence-corrected chi connectivity index (χ1v) is 4.62. The van der Waals surface area contributed by atoms with Crippen molar-refractivity contribution in [2.24, 2.45) is 23.7 Å². The second-order valence-electron chi connectivity index (χ2n) is 4.24. The summed E-state index contributed by atoms with van der Waals surface area (Å²) in [5.74, 6) is 4.36. The smallest absolute Gasteiger partial charge is 0.0171 e. The average Bonchev–Trinajstić information content (AvgIpc) is 2.60. The van der Waals surface area contributed by atoms with Gasteiger partial charge in [-0.15, -0.1) is 0 Å². The summed E-state index contributed by atoms with van der Waals surface area (Å²) >= 11 is 0. The highest BCUT2D eigenvalue weighted by atomic mass is 14.5. The van der Waals surface area contributed by atoms with Crippen molar-refractivity contribution in [3.63, 3.8) is 0 Å². The molecule has 0 heteroatoms. The molecule has 10 heavy (non-hydrogen) atoms. The third kappa shape index (κ3) is 0.492. The second-order valence-corrected chi connectivity index (χ2v) is 4.24. The fraction of sp³-hybridized carbons (Fsp3) is 0.800. The monoisotopic (exact) mass is 134 g/mol. The molecule has 2 unspecified atom stereocenters. The Labute approximate surface area is 62.3 Å². The van der Waals surface area contributed by atoms with E-state index < -0.39 is 0 Å². The largest absolute Gasteiger partial charge is 0.0879 e. The van der Waals surface area contributed by atoms with E-state index in [0.29, 0.717) is 0 Å². The van der Waals surface area contributed by atoms with Gasteiger partial charge in [-0.1, -0.05) is 12.2 Å². The quantitative estimate of drug-likeness (QED) is 0.447. The van der Waals surface area contributed by atoms with Crippen LogP contribution in [0.5, 0.6) is 0 Å². The van der Waals surface area contributed by atoms with Crippen LogP contribution in [0.1, 0.15) is 25.7 Å². The van der Waals surface area contributed by atoms with Gasteiger partial charge >= 0.3 is 0 Å². The summed E-state index contributed by atoms with van der Waals surface area (Å²) in [5.41, 5.74) is 0. The van der Waals surface area contributed by atoms with Crippen LogP contribution >= 0.6 is 0 Å². The molecule has 0 saturated heterocycles. The van der Waals surface area contributed by atoms with Crippen molar-refractivity contribution in [1.82, 2.24) is 0 Å². The number of hydrogen-bond donors (Lipinski definition) is 0. The average molecular weight is 134 g/mol. The zero-order valence-corrected chi connectivity index (χ0v) is 6.29. The van der Waals surface area contributed by atoms with E-state index in [9.17, 15) is 0 Å². The van der Waals surface area contributed by atoms with Gasteiger partial charge in [0.15, 0.2) is 0 Å². The van der Waals surface area contributed by atoms with E-state index in [1.165, 1.54) is 12.8 Å². The molecule has 0 aromatic carbocycles. The van der Waals surface area contributed by atoms with Gasteiger partial charge in [0, 0.05) is 0 Å². The summed E-state index contributed by atoms with van der Waals surface area (Å²) in [7, 11) is 0. The molecule has 3 aliphatic rings. The topological polar surface area (TPSA) is 0 Å². The lowest BCUT2D eigenvalue weighted by atomic mass is 9.82. The molecule has 0 spiro atoms. The van der Waals surface area contributed by atoms with Crippen molar-refractivity contribution in [2.75, 3.05) is 0 Å². The molecule has 0 aromatic rings. The van der Waals surface area contributed by atoms with Gasteiger partial charge in [0.05, 0.1) is 0 Å². The number of fused-ring (bicyclic) bond motifs is 5. The first kappa shape index (κ1) is 5.40. The summed E-state index contributed by atoms with van der Waals surface area (Å²) in [5, 5.41) is 0. The third-order valence-electron chi connectivity index (χ3n) is 3.92. The minimum Gasteiger partial charge on any atom is -0.0879 e. The second kappa shape index (κ2) is 1.66. The molecule has 0 aliphatic heterocycles. The van der Waals surface area contributed by atoms with Gasteiger partial charge < -0.3 is 0 Å². The molecule has 3 rings (SSSR count). The molecule has 0 aromatic heterocycles. The van der Waals surface area contributed by atoms with Crippen LogP contribution in [-0.2, 0) is 0 Å². The van der Waals surface area contributed by atoms with E-state index in [0.717, 1.165) is 23.7 Å². The molecule has 54 valence electrons. The van der Waals surface area contributed by atoms with Crippen molar-refractivity contribution in [1.29, 1.82) is 0 Å². The zero-order chi connectivity index (χ0) is 6.55.